The fourth-order valence-electron chi connectivity index (χ4n) is 7.34. The van der Waals surface area contributed by atoms with Gasteiger partial charge < -0.3 is 15.0 Å². The first-order valence-corrected chi connectivity index (χ1v) is 17.3. The van der Waals surface area contributed by atoms with Crippen molar-refractivity contribution in [3.05, 3.63) is 89.6 Å². The third kappa shape index (κ3) is 8.71. The van der Waals surface area contributed by atoms with E-state index >= 15 is 0 Å². The Hall–Kier alpha value is -4.17. The summed E-state index contributed by atoms with van der Waals surface area (Å²) in [6, 6.07) is 22.6. The second-order valence-electron chi connectivity index (χ2n) is 13.6. The maximum Gasteiger partial charge on any atom is 0.573 e. The summed E-state index contributed by atoms with van der Waals surface area (Å²) in [7, 11) is 0. The van der Waals surface area contributed by atoms with Crippen molar-refractivity contribution >= 4 is 16.7 Å². The number of carbonyl (C=O) groups excluding carboxylic acids is 1. The van der Waals surface area contributed by atoms with Gasteiger partial charge in [0, 0.05) is 74.9 Å². The Balaban J connectivity index is 1.15. The average molecular weight is 672 g/mol. The maximum absolute atomic E-state index is 12.9. The third-order valence-corrected chi connectivity index (χ3v) is 10.1. The van der Waals surface area contributed by atoms with E-state index in [0.717, 1.165) is 123 Å². The number of carbonyl (C=O) groups is 1. The Bertz CT molecular complexity index is 1780. The van der Waals surface area contributed by atoms with Gasteiger partial charge in [-0.1, -0.05) is 55.7 Å². The number of alkyl halides is 3. The van der Waals surface area contributed by atoms with Gasteiger partial charge in [-0.15, -0.1) is 13.2 Å². The van der Waals surface area contributed by atoms with Gasteiger partial charge in [-0.25, -0.2) is 0 Å². The molecule has 1 aliphatic heterocycles. The SMILES string of the molecule is N#Cc1ccccc1CN1CCN(Cc2ccc3c(c2)c(-c2ccc(OC(F)(F)F)cc2)cn3CCCCC(=O)C2(N)CCCCC2)CC1. The molecular weight excluding hydrogens is 627 g/mol. The van der Waals surface area contributed by atoms with Crippen molar-refractivity contribution in [1.29, 1.82) is 5.26 Å². The zero-order valence-electron chi connectivity index (χ0n) is 27.9. The number of piperazine rings is 1. The molecule has 1 saturated heterocycles. The van der Waals surface area contributed by atoms with Crippen molar-refractivity contribution in [1.82, 2.24) is 14.4 Å². The quantitative estimate of drug-likeness (QED) is 0.155. The van der Waals surface area contributed by atoms with Gasteiger partial charge in [-0.05, 0) is 72.7 Å². The standard InChI is InChI=1S/C39H44F3N5O2/c40-39(41,42)49-33-14-12-30(13-15-33)35-28-47(19-7-4-10-37(48)38(44)17-5-1-6-18-38)36-16-11-29(24-34(35)36)26-45-20-22-46(23-21-45)27-32-9-3-2-8-31(32)25-43/h2-3,8-9,11-16,24,28H,1,4-7,10,17-23,26-27,44H2. The van der Waals surface area contributed by atoms with Crippen molar-refractivity contribution in [3.63, 3.8) is 0 Å². The normalized spacial score (nSPS) is 17.2. The third-order valence-electron chi connectivity index (χ3n) is 10.1. The largest absolute Gasteiger partial charge is 0.573 e. The predicted molar refractivity (Wildman–Crippen MR) is 185 cm³/mol. The van der Waals surface area contributed by atoms with Crippen LogP contribution in [-0.4, -0.2) is 58.2 Å². The number of aryl methyl sites for hydroxylation is 1. The number of ketones is 1. The van der Waals surface area contributed by atoms with Crippen molar-refractivity contribution in [3.8, 4) is 22.9 Å². The summed E-state index contributed by atoms with van der Waals surface area (Å²) in [5.74, 6) is -0.0832. The molecule has 0 unspecified atom stereocenters. The number of benzene rings is 3. The number of hydrogen-bond acceptors (Lipinski definition) is 6. The topological polar surface area (TPSA) is 87.5 Å². The fourth-order valence-corrected chi connectivity index (χ4v) is 7.34. The van der Waals surface area contributed by atoms with Crippen LogP contribution < -0.4 is 10.5 Å². The van der Waals surface area contributed by atoms with Gasteiger partial charge in [0.15, 0.2) is 5.78 Å². The number of nitriles is 1. The summed E-state index contributed by atoms with van der Waals surface area (Å²) >= 11 is 0. The minimum Gasteiger partial charge on any atom is -0.406 e. The number of ether oxygens (including phenoxy) is 1. The first-order valence-electron chi connectivity index (χ1n) is 17.3. The zero-order valence-corrected chi connectivity index (χ0v) is 27.9. The molecule has 2 aliphatic rings. The molecule has 0 spiro atoms. The molecule has 0 radical (unpaired) electrons. The second kappa shape index (κ2) is 15.2. The lowest BCUT2D eigenvalue weighted by atomic mass is 9.78. The van der Waals surface area contributed by atoms with E-state index in [9.17, 15) is 23.2 Å². The molecule has 7 nitrogen and oxygen atoms in total. The number of rotatable bonds is 12. The van der Waals surface area contributed by atoms with E-state index in [-0.39, 0.29) is 11.5 Å². The van der Waals surface area contributed by atoms with Crippen LogP contribution in [0.4, 0.5) is 13.2 Å². The van der Waals surface area contributed by atoms with Crippen LogP contribution >= 0.6 is 0 Å². The first-order chi connectivity index (χ1) is 23.6. The molecule has 3 aromatic carbocycles. The summed E-state index contributed by atoms with van der Waals surface area (Å²) < 4.78 is 44.8. The molecule has 1 aromatic heterocycles. The van der Waals surface area contributed by atoms with Gasteiger partial charge >= 0.3 is 6.36 Å². The molecule has 10 heteroatoms. The van der Waals surface area contributed by atoms with Crippen LogP contribution in [0.25, 0.3) is 22.0 Å². The molecule has 2 N–H and O–H groups in total. The van der Waals surface area contributed by atoms with Crippen molar-refractivity contribution < 1.29 is 22.7 Å². The van der Waals surface area contributed by atoms with Crippen LogP contribution in [0.1, 0.15) is 68.1 Å². The zero-order chi connectivity index (χ0) is 34.4. The van der Waals surface area contributed by atoms with Gasteiger partial charge in [-0.2, -0.15) is 5.26 Å². The van der Waals surface area contributed by atoms with E-state index in [0.29, 0.717) is 13.0 Å². The average Bonchev–Trinajstić information content (AvgIpc) is 3.45. The highest BCUT2D eigenvalue weighted by molar-refractivity contribution is 5.96. The minimum absolute atomic E-state index is 0.170. The number of halogens is 3. The van der Waals surface area contributed by atoms with E-state index in [2.05, 4.69) is 49.6 Å². The van der Waals surface area contributed by atoms with Crippen LogP contribution in [0.5, 0.6) is 5.75 Å². The lowest BCUT2D eigenvalue weighted by Gasteiger charge is -2.35. The van der Waals surface area contributed by atoms with Crippen molar-refractivity contribution in [2.75, 3.05) is 26.2 Å². The van der Waals surface area contributed by atoms with Gasteiger partial charge in [0.25, 0.3) is 0 Å². The molecule has 6 rings (SSSR count). The lowest BCUT2D eigenvalue weighted by molar-refractivity contribution is -0.274. The Morgan fingerprint density at radius 3 is 2.29 bits per heavy atom. The lowest BCUT2D eigenvalue weighted by Crippen LogP contribution is -2.49. The Morgan fingerprint density at radius 2 is 1.59 bits per heavy atom. The molecule has 1 saturated carbocycles. The van der Waals surface area contributed by atoms with Gasteiger partial charge in [0.1, 0.15) is 5.75 Å². The van der Waals surface area contributed by atoms with E-state index in [4.69, 9.17) is 5.73 Å². The highest BCUT2D eigenvalue weighted by Crippen LogP contribution is 2.34. The number of unbranched alkanes of at least 4 members (excludes halogenated alkanes) is 1. The van der Waals surface area contributed by atoms with Crippen molar-refractivity contribution in [2.45, 2.75) is 82.9 Å². The van der Waals surface area contributed by atoms with Gasteiger partial charge in [-0.3, -0.25) is 14.6 Å². The molecule has 258 valence electrons. The number of nitrogens with two attached hydrogens (primary N) is 1. The predicted octanol–water partition coefficient (Wildman–Crippen LogP) is 7.80. The summed E-state index contributed by atoms with van der Waals surface area (Å²) in [6.07, 6.45) is 4.09. The van der Waals surface area contributed by atoms with E-state index in [1.165, 1.54) is 12.1 Å². The highest BCUT2D eigenvalue weighted by atomic mass is 19.4. The summed E-state index contributed by atoms with van der Waals surface area (Å²) in [5.41, 5.74) is 11.5. The number of nitrogens with zero attached hydrogens (tertiary/aromatic N) is 4. The Labute approximate surface area is 286 Å². The van der Waals surface area contributed by atoms with Crippen LogP contribution in [0, 0.1) is 11.3 Å². The second-order valence-corrected chi connectivity index (χ2v) is 13.6. The number of hydrogen-bond donors (Lipinski definition) is 1. The number of Topliss-reactive ketones (excluding diaryl/α,β-unsaturated/α-hetero) is 1. The summed E-state index contributed by atoms with van der Waals surface area (Å²) in [6.45, 7) is 5.88. The van der Waals surface area contributed by atoms with Gasteiger partial charge in [0.2, 0.25) is 0 Å². The smallest absolute Gasteiger partial charge is 0.406 e. The molecule has 2 heterocycles. The van der Waals surface area contributed by atoms with E-state index in [1.54, 1.807) is 12.1 Å². The minimum atomic E-state index is -4.75. The van der Waals surface area contributed by atoms with Crippen molar-refractivity contribution in [2.24, 2.45) is 5.73 Å². The summed E-state index contributed by atoms with van der Waals surface area (Å²) in [4.78, 5) is 17.8. The van der Waals surface area contributed by atoms with E-state index < -0.39 is 11.9 Å². The molecule has 0 amide bonds. The first kappa shape index (κ1) is 34.7. The molecule has 2 fully saturated rings. The van der Waals surface area contributed by atoms with Crippen LogP contribution in [0.2, 0.25) is 0 Å². The van der Waals surface area contributed by atoms with E-state index in [1.807, 2.05) is 24.3 Å². The molecule has 1 aliphatic carbocycles. The fraction of sp³-hybridized carbons (Fsp3) is 0.436. The molecule has 49 heavy (non-hydrogen) atoms. The van der Waals surface area contributed by atoms with Crippen LogP contribution in [-0.2, 0) is 24.4 Å². The Morgan fingerprint density at radius 1 is 0.898 bits per heavy atom. The van der Waals surface area contributed by atoms with Gasteiger partial charge in [0.05, 0.1) is 17.2 Å². The highest BCUT2D eigenvalue weighted by Gasteiger charge is 2.34. The number of fused-ring (bicyclic) bond motifs is 1. The monoisotopic (exact) mass is 671 g/mol. The molecule has 0 bridgehead atoms. The van der Waals surface area contributed by atoms with Crippen LogP contribution in [0.3, 0.4) is 0 Å². The summed E-state index contributed by atoms with van der Waals surface area (Å²) in [5, 5.41) is 10.5. The molecular formula is C39H44F3N5O2. The number of aromatic nitrogens is 1. The Kier molecular flexibility index (Phi) is 10.7. The molecule has 4 aromatic rings. The maximum atomic E-state index is 12.9. The van der Waals surface area contributed by atoms with Crippen LogP contribution in [0.15, 0.2) is 72.9 Å². The molecule has 0 atom stereocenters.